The topological polar surface area (TPSA) is 43.4 Å². The highest BCUT2D eigenvalue weighted by molar-refractivity contribution is 7.91. The Hall–Kier alpha value is -1.03. The van der Waals surface area contributed by atoms with Crippen LogP contribution < -0.4 is 4.74 Å². The maximum atomic E-state index is 11.9. The third kappa shape index (κ3) is 2.07. The van der Waals surface area contributed by atoms with Crippen LogP contribution in [0.15, 0.2) is 23.1 Å². The fourth-order valence-electron chi connectivity index (χ4n) is 1.10. The Balaban J connectivity index is 3.50. The molecular weight excluding hydrogens is 201 g/mol. The lowest BCUT2D eigenvalue weighted by molar-refractivity contribution is 0.402. The molecule has 78 valence electrons. The van der Waals surface area contributed by atoms with Crippen molar-refractivity contribution in [3.05, 3.63) is 23.8 Å². The maximum absolute atomic E-state index is 11.9. The van der Waals surface area contributed by atoms with Crippen molar-refractivity contribution in [3.8, 4) is 5.75 Å². The molecule has 14 heavy (non-hydrogen) atoms. The van der Waals surface area contributed by atoms with Crippen molar-refractivity contribution in [3.63, 3.8) is 0 Å². The molecule has 0 bridgehead atoms. The number of ether oxygens (including phenoxy) is 1. The number of benzene rings is 1. The van der Waals surface area contributed by atoms with Gasteiger partial charge >= 0.3 is 0 Å². The maximum Gasteiger partial charge on any atom is 0.181 e. The van der Waals surface area contributed by atoms with Gasteiger partial charge in [0.25, 0.3) is 0 Å². The summed E-state index contributed by atoms with van der Waals surface area (Å²) < 4.78 is 43.5. The first-order valence-electron chi connectivity index (χ1n) is 5.09. The summed E-state index contributed by atoms with van der Waals surface area (Å²) in [4.78, 5) is -0.109. The molecule has 4 heteroatoms. The molecule has 0 unspecified atom stereocenters. The first kappa shape index (κ1) is 8.29. The van der Waals surface area contributed by atoms with Crippen LogP contribution in [0.25, 0.3) is 0 Å². The molecule has 0 aliphatic heterocycles. The molecule has 0 spiro atoms. The van der Waals surface area contributed by atoms with Gasteiger partial charge in [0.2, 0.25) is 0 Å². The van der Waals surface area contributed by atoms with Gasteiger partial charge in [-0.2, -0.15) is 0 Å². The first-order valence-corrected chi connectivity index (χ1v) is 5.58. The average molecular weight is 216 g/mol. The van der Waals surface area contributed by atoms with E-state index < -0.39 is 15.5 Å². The molecule has 1 atom stereocenters. The Morgan fingerprint density at radius 2 is 2.29 bits per heavy atom. The summed E-state index contributed by atoms with van der Waals surface area (Å²) in [6.45, 7) is 2.76. The minimum absolute atomic E-state index is 0.109. The van der Waals surface area contributed by atoms with Gasteiger partial charge in [-0.3, -0.25) is 0 Å². The third-order valence-electron chi connectivity index (χ3n) is 1.88. The molecule has 0 saturated carbocycles. The fraction of sp³-hybridized carbons (Fsp3) is 0.400. The Bertz CT molecular complexity index is 489. The van der Waals surface area contributed by atoms with E-state index in [-0.39, 0.29) is 10.6 Å². The zero-order valence-corrected chi connectivity index (χ0v) is 9.18. The molecule has 3 nitrogen and oxygen atoms in total. The molecule has 0 amide bonds. The van der Waals surface area contributed by atoms with Crippen LogP contribution in [0.2, 0.25) is 0 Å². The summed E-state index contributed by atoms with van der Waals surface area (Å²) in [6.07, 6.45) is 0. The van der Waals surface area contributed by atoms with E-state index in [0.29, 0.717) is 0 Å². The van der Waals surface area contributed by atoms with Crippen LogP contribution in [0, 0.1) is 6.92 Å². The molecule has 1 aromatic rings. The molecule has 1 aromatic carbocycles. The van der Waals surface area contributed by atoms with E-state index in [4.69, 9.17) is 7.48 Å². The van der Waals surface area contributed by atoms with E-state index in [1.807, 2.05) is 0 Å². The molecule has 1 rings (SSSR count). The molecule has 0 aliphatic rings. The second-order valence-electron chi connectivity index (χ2n) is 2.86. The summed E-state index contributed by atoms with van der Waals surface area (Å²) in [5.74, 6) is 0.163. The second kappa shape index (κ2) is 4.00. The SMILES string of the molecule is [1H][13C@]([2H])(C)S(=O)(=O)c1cc(C)ccc1OC. The third-order valence-corrected chi connectivity index (χ3v) is 3.31. The highest BCUT2D eigenvalue weighted by atomic mass is 32.2. The Kier molecular flexibility index (Phi) is 2.37. The van der Waals surface area contributed by atoms with Crippen molar-refractivity contribution in [1.82, 2.24) is 0 Å². The quantitative estimate of drug-likeness (QED) is 0.723. The first-order chi connectivity index (χ1) is 7.20. The van der Waals surface area contributed by atoms with Gasteiger partial charge in [-0.15, -0.1) is 0 Å². The highest BCUT2D eigenvalue weighted by Crippen LogP contribution is 2.25. The zero-order valence-electron chi connectivity index (χ0n) is 10.4. The van der Waals surface area contributed by atoms with Gasteiger partial charge in [0.1, 0.15) is 10.6 Å². The zero-order chi connectivity index (χ0) is 12.6. The van der Waals surface area contributed by atoms with Crippen LogP contribution in [0.4, 0.5) is 0 Å². The van der Waals surface area contributed by atoms with E-state index in [1.54, 1.807) is 13.0 Å². The van der Waals surface area contributed by atoms with Crippen molar-refractivity contribution >= 4 is 9.84 Å². The average Bonchev–Trinajstić information content (AvgIpc) is 2.16. The van der Waals surface area contributed by atoms with Crippen molar-refractivity contribution in [2.45, 2.75) is 18.7 Å². The van der Waals surface area contributed by atoms with Gasteiger partial charge < -0.3 is 4.74 Å². The molecule has 0 radical (unpaired) electrons. The monoisotopic (exact) mass is 216 g/mol. The Morgan fingerprint density at radius 1 is 1.64 bits per heavy atom. The Morgan fingerprint density at radius 3 is 2.79 bits per heavy atom. The van der Waals surface area contributed by atoms with Crippen LogP contribution >= 0.6 is 0 Å². The Labute approximate surface area is 87.4 Å². The molecule has 0 heterocycles. The molecule has 0 aromatic heterocycles. The smallest absolute Gasteiger partial charge is 0.181 e. The van der Waals surface area contributed by atoms with E-state index in [0.717, 1.165) is 12.5 Å². The highest BCUT2D eigenvalue weighted by Gasteiger charge is 2.17. The van der Waals surface area contributed by atoms with Crippen molar-refractivity contribution in [2.24, 2.45) is 0 Å². The number of hydrogen-bond donors (Lipinski definition) is 0. The fourth-order valence-corrected chi connectivity index (χ4v) is 2.08. The second-order valence-corrected chi connectivity index (χ2v) is 4.72. The van der Waals surface area contributed by atoms with Crippen molar-refractivity contribution in [1.29, 1.82) is 0 Å². The lowest BCUT2D eigenvalue weighted by Crippen LogP contribution is -2.06. The summed E-state index contributed by atoms with van der Waals surface area (Å²) in [5.41, 5.74) is -1.59. The van der Waals surface area contributed by atoms with Crippen LogP contribution in [-0.2, 0) is 9.84 Å². The van der Waals surface area contributed by atoms with Crippen LogP contribution in [-0.4, -0.2) is 21.2 Å². The van der Waals surface area contributed by atoms with Gasteiger partial charge in [-0.1, -0.05) is 13.0 Å². The molecule has 0 saturated heterocycles. The minimum atomic E-state index is -4.03. The number of sulfone groups is 1. The summed E-state index contributed by atoms with van der Waals surface area (Å²) in [7, 11) is -2.68. The molecular formula is C10H14O3S. The lowest BCUT2D eigenvalue weighted by atomic mass is 10.2. The van der Waals surface area contributed by atoms with Crippen LogP contribution in [0.5, 0.6) is 5.75 Å². The number of aryl methyl sites for hydroxylation is 1. The predicted molar refractivity (Wildman–Crippen MR) is 55.5 cm³/mol. The summed E-state index contributed by atoms with van der Waals surface area (Å²) >= 11 is 0. The van der Waals surface area contributed by atoms with E-state index in [9.17, 15) is 8.42 Å². The molecule has 0 fully saturated rings. The van der Waals surface area contributed by atoms with E-state index in [2.05, 4.69) is 0 Å². The van der Waals surface area contributed by atoms with Gasteiger partial charge in [-0.25, -0.2) is 8.42 Å². The van der Waals surface area contributed by atoms with Crippen LogP contribution in [0.3, 0.4) is 0 Å². The van der Waals surface area contributed by atoms with Gasteiger partial charge in [-0.05, 0) is 24.6 Å². The van der Waals surface area contributed by atoms with Crippen LogP contribution in [0.1, 0.15) is 15.2 Å². The summed E-state index contributed by atoms with van der Waals surface area (Å²) in [5, 5.41) is 0. The summed E-state index contributed by atoms with van der Waals surface area (Å²) in [6, 6.07) is 4.65. The lowest BCUT2D eigenvalue weighted by Gasteiger charge is -2.08. The molecule has 0 N–H and O–H groups in total. The van der Waals surface area contributed by atoms with Crippen molar-refractivity contribution in [2.75, 3.05) is 12.8 Å². The van der Waals surface area contributed by atoms with E-state index >= 15 is 0 Å². The van der Waals surface area contributed by atoms with Gasteiger partial charge in [0.15, 0.2) is 9.84 Å². The van der Waals surface area contributed by atoms with Gasteiger partial charge in [0, 0.05) is 2.74 Å². The van der Waals surface area contributed by atoms with E-state index in [1.165, 1.54) is 19.2 Å². The number of methoxy groups -OCH3 is 1. The predicted octanol–water partition coefficient (Wildman–Crippen LogP) is 1.80. The largest absolute Gasteiger partial charge is 0.495 e. The number of hydrogen-bond acceptors (Lipinski definition) is 3. The standard InChI is InChI=1S/C10H14O3S/c1-4-14(11,12)10-7-8(2)5-6-9(10)13-3/h5-7H,4H2,1-3H3/i4+1DH/t4-/m0/s1. The normalized spacial score (nSPS) is 17.9. The molecule has 0 aliphatic carbocycles. The minimum Gasteiger partial charge on any atom is -0.495 e. The van der Waals surface area contributed by atoms with Crippen molar-refractivity contribution < 1.29 is 15.9 Å². The van der Waals surface area contributed by atoms with Gasteiger partial charge in [0.05, 0.1) is 12.8 Å². The number of rotatable bonds is 3.